The predicted molar refractivity (Wildman–Crippen MR) is 129 cm³/mol. The van der Waals surface area contributed by atoms with Crippen LogP contribution in [0.15, 0.2) is 42.5 Å². The lowest BCUT2D eigenvalue weighted by Gasteiger charge is -2.29. The molecular formula is C24H30N4O2S. The molecule has 0 spiro atoms. The van der Waals surface area contributed by atoms with Gasteiger partial charge >= 0.3 is 0 Å². The van der Waals surface area contributed by atoms with Gasteiger partial charge in [0, 0.05) is 51.5 Å². The zero-order valence-electron chi connectivity index (χ0n) is 18.5. The molecule has 0 saturated carbocycles. The zero-order valence-corrected chi connectivity index (χ0v) is 19.3. The normalized spacial score (nSPS) is 14.7. The number of benzene rings is 2. The number of hydrogen-bond donors (Lipinski definition) is 0. The Morgan fingerprint density at radius 3 is 2.55 bits per heavy atom. The van der Waals surface area contributed by atoms with E-state index in [1.807, 2.05) is 48.2 Å². The van der Waals surface area contributed by atoms with Gasteiger partial charge in [0.25, 0.3) is 5.91 Å². The van der Waals surface area contributed by atoms with E-state index in [-0.39, 0.29) is 5.91 Å². The highest BCUT2D eigenvalue weighted by Crippen LogP contribution is 2.31. The molecule has 0 radical (unpaired) electrons. The van der Waals surface area contributed by atoms with Crippen molar-refractivity contribution >= 4 is 38.3 Å². The van der Waals surface area contributed by atoms with Crippen LogP contribution in [-0.2, 0) is 11.2 Å². The fraction of sp³-hybridized carbons (Fsp3) is 0.417. The minimum atomic E-state index is -0.00617. The molecule has 31 heavy (non-hydrogen) atoms. The summed E-state index contributed by atoms with van der Waals surface area (Å²) in [6.07, 6.45) is 0.987. The third-order valence-electron chi connectivity index (χ3n) is 5.70. The Hall–Kier alpha value is -2.48. The number of hydrogen-bond acceptors (Lipinski definition) is 6. The summed E-state index contributed by atoms with van der Waals surface area (Å²) < 4.78 is 6.59. The Morgan fingerprint density at radius 2 is 1.87 bits per heavy atom. The maximum atomic E-state index is 13.5. The molecule has 6 nitrogen and oxygen atoms in total. The van der Waals surface area contributed by atoms with Crippen LogP contribution in [0.4, 0.5) is 10.8 Å². The lowest BCUT2D eigenvalue weighted by atomic mass is 10.1. The van der Waals surface area contributed by atoms with Crippen LogP contribution in [0.3, 0.4) is 0 Å². The van der Waals surface area contributed by atoms with E-state index in [9.17, 15) is 4.79 Å². The number of fused-ring (bicyclic) bond motifs is 1. The number of ether oxygens (including phenoxy) is 1. The van der Waals surface area contributed by atoms with E-state index in [0.717, 1.165) is 60.3 Å². The van der Waals surface area contributed by atoms with Crippen molar-refractivity contribution in [2.45, 2.75) is 13.3 Å². The van der Waals surface area contributed by atoms with E-state index in [2.05, 4.69) is 30.0 Å². The number of nitrogens with zero attached hydrogens (tertiary/aromatic N) is 4. The highest BCUT2D eigenvalue weighted by Gasteiger charge is 2.23. The summed E-state index contributed by atoms with van der Waals surface area (Å²) in [6, 6.07) is 14.1. The van der Waals surface area contributed by atoms with Crippen LogP contribution in [-0.4, -0.2) is 69.3 Å². The predicted octanol–water partition coefficient (Wildman–Crippen LogP) is 3.90. The number of carbonyl (C=O) groups excluding carboxylic acids is 1. The van der Waals surface area contributed by atoms with Crippen LogP contribution >= 0.6 is 11.3 Å². The second-order valence-electron chi connectivity index (χ2n) is 8.00. The minimum Gasteiger partial charge on any atom is -0.379 e. The molecule has 0 unspecified atom stereocenters. The van der Waals surface area contributed by atoms with E-state index in [0.29, 0.717) is 12.1 Å². The molecule has 2 heterocycles. The monoisotopic (exact) mass is 438 g/mol. The summed E-state index contributed by atoms with van der Waals surface area (Å²) in [4.78, 5) is 24.6. The zero-order chi connectivity index (χ0) is 21.8. The molecule has 3 aromatic rings. The number of carbonyl (C=O) groups is 1. The van der Waals surface area contributed by atoms with E-state index in [1.54, 1.807) is 11.3 Å². The topological polar surface area (TPSA) is 48.9 Å². The average molecular weight is 439 g/mol. The van der Waals surface area contributed by atoms with Crippen LogP contribution in [0, 0.1) is 0 Å². The van der Waals surface area contributed by atoms with Gasteiger partial charge in [0.15, 0.2) is 5.13 Å². The van der Waals surface area contributed by atoms with Crippen LogP contribution < -0.4 is 9.80 Å². The van der Waals surface area contributed by atoms with Crippen molar-refractivity contribution in [2.75, 3.05) is 63.3 Å². The summed E-state index contributed by atoms with van der Waals surface area (Å²) >= 11 is 1.60. The van der Waals surface area contributed by atoms with Gasteiger partial charge in [0.1, 0.15) is 0 Å². The molecule has 1 aliphatic heterocycles. The molecule has 7 heteroatoms. The summed E-state index contributed by atoms with van der Waals surface area (Å²) in [5.74, 6) is -0.00617. The van der Waals surface area contributed by atoms with Gasteiger partial charge in [-0.25, -0.2) is 4.98 Å². The molecule has 0 bridgehead atoms. The Balaban J connectivity index is 1.62. The maximum absolute atomic E-state index is 13.5. The molecule has 1 aromatic heterocycles. The summed E-state index contributed by atoms with van der Waals surface area (Å²) in [7, 11) is 3.99. The summed E-state index contributed by atoms with van der Waals surface area (Å²) in [5, 5.41) is 0.762. The molecule has 2 aromatic carbocycles. The van der Waals surface area contributed by atoms with Gasteiger partial charge in [0.05, 0.1) is 23.4 Å². The first-order valence-electron chi connectivity index (χ1n) is 10.8. The standard InChI is InChI=1S/C24H30N4O2S/c1-4-18-5-10-21-22(17-18)31-24(25-21)28(12-11-27-13-15-30-16-14-27)23(29)19-6-8-20(9-7-19)26(2)3/h5-10,17H,4,11-16H2,1-3H3. The fourth-order valence-electron chi connectivity index (χ4n) is 3.70. The third-order valence-corrected chi connectivity index (χ3v) is 6.74. The first-order valence-corrected chi connectivity index (χ1v) is 11.7. The number of amides is 1. The van der Waals surface area contributed by atoms with E-state index in [4.69, 9.17) is 9.72 Å². The van der Waals surface area contributed by atoms with Crippen LogP contribution in [0.25, 0.3) is 10.2 Å². The number of rotatable bonds is 7. The fourth-order valence-corrected chi connectivity index (χ4v) is 4.75. The molecule has 0 aliphatic carbocycles. The van der Waals surface area contributed by atoms with Crippen LogP contribution in [0.2, 0.25) is 0 Å². The molecule has 1 amide bonds. The number of morpholine rings is 1. The lowest BCUT2D eigenvalue weighted by Crippen LogP contribution is -2.43. The second kappa shape index (κ2) is 9.77. The van der Waals surface area contributed by atoms with Crippen LogP contribution in [0.1, 0.15) is 22.8 Å². The average Bonchev–Trinajstić information content (AvgIpc) is 3.22. The smallest absolute Gasteiger partial charge is 0.260 e. The SMILES string of the molecule is CCc1ccc2nc(N(CCN3CCOCC3)C(=O)c3ccc(N(C)C)cc3)sc2c1. The number of thiazole rings is 1. The van der Waals surface area contributed by atoms with Crippen molar-refractivity contribution in [2.24, 2.45) is 0 Å². The Bertz CT molecular complexity index is 1030. The minimum absolute atomic E-state index is 0.00617. The van der Waals surface area contributed by atoms with E-state index in [1.165, 1.54) is 5.56 Å². The molecule has 0 atom stereocenters. The largest absolute Gasteiger partial charge is 0.379 e. The van der Waals surface area contributed by atoms with Crippen molar-refractivity contribution in [3.05, 3.63) is 53.6 Å². The summed E-state index contributed by atoms with van der Waals surface area (Å²) in [6.45, 7) is 6.87. The number of aryl methyl sites for hydroxylation is 1. The molecule has 1 aliphatic rings. The Morgan fingerprint density at radius 1 is 1.13 bits per heavy atom. The Kier molecular flexibility index (Phi) is 6.85. The number of aromatic nitrogens is 1. The van der Waals surface area contributed by atoms with Gasteiger partial charge in [-0.2, -0.15) is 0 Å². The van der Waals surface area contributed by atoms with Crippen molar-refractivity contribution in [1.29, 1.82) is 0 Å². The molecule has 1 saturated heterocycles. The molecular weight excluding hydrogens is 408 g/mol. The van der Waals surface area contributed by atoms with Gasteiger partial charge < -0.3 is 9.64 Å². The molecule has 1 fully saturated rings. The van der Waals surface area contributed by atoms with Crippen molar-refractivity contribution in [3.63, 3.8) is 0 Å². The highest BCUT2D eigenvalue weighted by molar-refractivity contribution is 7.22. The van der Waals surface area contributed by atoms with Gasteiger partial charge in [-0.1, -0.05) is 24.3 Å². The van der Waals surface area contributed by atoms with E-state index >= 15 is 0 Å². The van der Waals surface area contributed by atoms with Crippen molar-refractivity contribution < 1.29 is 9.53 Å². The van der Waals surface area contributed by atoms with Crippen molar-refractivity contribution in [1.82, 2.24) is 9.88 Å². The quantitative estimate of drug-likeness (QED) is 0.560. The van der Waals surface area contributed by atoms with Gasteiger partial charge in [0.2, 0.25) is 0 Å². The van der Waals surface area contributed by atoms with E-state index < -0.39 is 0 Å². The lowest BCUT2D eigenvalue weighted by molar-refractivity contribution is 0.0391. The third kappa shape index (κ3) is 5.06. The second-order valence-corrected chi connectivity index (χ2v) is 9.01. The molecule has 0 N–H and O–H groups in total. The highest BCUT2D eigenvalue weighted by atomic mass is 32.1. The Labute approximate surface area is 188 Å². The molecule has 164 valence electrons. The van der Waals surface area contributed by atoms with Gasteiger partial charge in [-0.3, -0.25) is 14.6 Å². The number of anilines is 2. The van der Waals surface area contributed by atoms with Gasteiger partial charge in [-0.05, 0) is 48.4 Å². The van der Waals surface area contributed by atoms with Crippen molar-refractivity contribution in [3.8, 4) is 0 Å². The first-order chi connectivity index (χ1) is 15.0. The maximum Gasteiger partial charge on any atom is 0.260 e. The first kappa shape index (κ1) is 21.7. The van der Waals surface area contributed by atoms with Gasteiger partial charge in [-0.15, -0.1) is 0 Å². The molecule has 4 rings (SSSR count). The van der Waals surface area contributed by atoms with Crippen LogP contribution in [0.5, 0.6) is 0 Å². The summed E-state index contributed by atoms with van der Waals surface area (Å²) in [5.41, 5.74) is 3.99.